The van der Waals surface area contributed by atoms with Crippen molar-refractivity contribution in [1.82, 2.24) is 0 Å². The van der Waals surface area contributed by atoms with Crippen LogP contribution in [0.15, 0.2) is 103 Å². The van der Waals surface area contributed by atoms with Gasteiger partial charge in [0.15, 0.2) is 11.6 Å². The molecule has 0 aromatic heterocycles. The SMILES string of the molecule is CC(C)(C)c1ccc(N2c3ccc(C=C4C(=O)c5cc6ccccc6cc5C4=O)cc3C(C)(C)c3cc(C(C)(C)C)ccc32)cc1. The minimum Gasteiger partial charge on any atom is -0.310 e. The van der Waals surface area contributed by atoms with E-state index in [2.05, 4.69) is 115 Å². The van der Waals surface area contributed by atoms with Gasteiger partial charge in [-0.15, -0.1) is 0 Å². The van der Waals surface area contributed by atoms with E-state index in [0.29, 0.717) is 11.1 Å². The molecule has 0 radical (unpaired) electrons. The van der Waals surface area contributed by atoms with E-state index in [4.69, 9.17) is 0 Å². The van der Waals surface area contributed by atoms with E-state index in [1.165, 1.54) is 22.4 Å². The molecular weight excluding hydrogens is 562 g/mol. The lowest BCUT2D eigenvalue weighted by Crippen LogP contribution is -2.31. The van der Waals surface area contributed by atoms with Gasteiger partial charge in [-0.1, -0.05) is 110 Å². The first-order valence-corrected chi connectivity index (χ1v) is 16.2. The summed E-state index contributed by atoms with van der Waals surface area (Å²) in [5, 5.41) is 1.92. The van der Waals surface area contributed by atoms with E-state index in [1.807, 2.05) is 42.5 Å². The molecule has 5 aromatic rings. The lowest BCUT2D eigenvalue weighted by Gasteiger charge is -2.43. The van der Waals surface area contributed by atoms with Crippen molar-refractivity contribution in [2.24, 2.45) is 0 Å². The summed E-state index contributed by atoms with van der Waals surface area (Å²) in [5.74, 6) is -0.410. The summed E-state index contributed by atoms with van der Waals surface area (Å²) in [4.78, 5) is 29.6. The van der Waals surface area contributed by atoms with Crippen LogP contribution in [-0.2, 0) is 16.2 Å². The zero-order valence-electron chi connectivity index (χ0n) is 28.1. The highest BCUT2D eigenvalue weighted by molar-refractivity contribution is 6.42. The summed E-state index contributed by atoms with van der Waals surface area (Å²) in [6, 6.07) is 33.7. The van der Waals surface area contributed by atoms with Gasteiger partial charge in [-0.05, 0) is 98.0 Å². The number of benzene rings is 5. The molecule has 3 heteroatoms. The molecule has 1 aliphatic carbocycles. The number of rotatable bonds is 2. The quantitative estimate of drug-likeness (QED) is 0.149. The van der Waals surface area contributed by atoms with Gasteiger partial charge >= 0.3 is 0 Å². The number of nitrogens with zero attached hydrogens (tertiary/aromatic N) is 1. The van der Waals surface area contributed by atoms with Crippen LogP contribution in [0.1, 0.15) is 104 Å². The predicted octanol–water partition coefficient (Wildman–Crippen LogP) is 11.0. The van der Waals surface area contributed by atoms with Crippen molar-refractivity contribution in [1.29, 1.82) is 0 Å². The van der Waals surface area contributed by atoms with Crippen LogP contribution < -0.4 is 4.90 Å². The van der Waals surface area contributed by atoms with Crippen LogP contribution in [0.2, 0.25) is 0 Å². The lowest BCUT2D eigenvalue weighted by molar-refractivity contribution is 0.0990. The van der Waals surface area contributed by atoms with Crippen LogP contribution >= 0.6 is 0 Å². The van der Waals surface area contributed by atoms with Gasteiger partial charge in [-0.2, -0.15) is 0 Å². The molecule has 1 aliphatic heterocycles. The molecule has 7 rings (SSSR count). The first kappa shape index (κ1) is 29.9. The van der Waals surface area contributed by atoms with Crippen molar-refractivity contribution >= 4 is 45.5 Å². The maximum absolute atomic E-state index is 13.6. The van der Waals surface area contributed by atoms with Gasteiger partial charge in [0, 0.05) is 22.2 Å². The Labute approximate surface area is 272 Å². The Hall–Kier alpha value is -4.76. The van der Waals surface area contributed by atoms with E-state index in [-0.39, 0.29) is 33.4 Å². The van der Waals surface area contributed by atoms with Crippen LogP contribution in [0.4, 0.5) is 17.1 Å². The minimum atomic E-state index is -0.327. The van der Waals surface area contributed by atoms with E-state index in [1.54, 1.807) is 6.08 Å². The average Bonchev–Trinajstić information content (AvgIpc) is 3.23. The zero-order chi connectivity index (χ0) is 32.8. The normalized spacial score (nSPS) is 15.6. The fraction of sp³-hybridized carbons (Fsp3) is 0.256. The second-order valence-electron chi connectivity index (χ2n) is 15.5. The average molecular weight is 604 g/mol. The van der Waals surface area contributed by atoms with Crippen molar-refractivity contribution < 1.29 is 9.59 Å². The number of anilines is 3. The van der Waals surface area contributed by atoms with Crippen molar-refractivity contribution in [3.05, 3.63) is 142 Å². The topological polar surface area (TPSA) is 37.4 Å². The standard InChI is InChI=1S/C43H41NO2/c1-41(2,3)29-14-17-31(18-15-29)44-37-19-13-26(22-35(37)43(7,8)36-25-30(42(4,5)6)16-20-38(36)44)21-34-39(45)32-23-27-11-9-10-12-28(27)24-33(32)40(34)46/h9-25H,1-8H3. The maximum atomic E-state index is 13.6. The Balaban J connectivity index is 1.38. The second kappa shape index (κ2) is 10.1. The smallest absolute Gasteiger partial charge is 0.197 e. The van der Waals surface area contributed by atoms with Gasteiger partial charge in [-0.3, -0.25) is 9.59 Å². The third kappa shape index (κ3) is 4.72. The van der Waals surface area contributed by atoms with E-state index in [0.717, 1.165) is 33.3 Å². The number of ketones is 2. The zero-order valence-corrected chi connectivity index (χ0v) is 28.1. The van der Waals surface area contributed by atoms with Crippen LogP contribution in [-0.4, -0.2) is 11.6 Å². The highest BCUT2D eigenvalue weighted by atomic mass is 16.2. The van der Waals surface area contributed by atoms with Gasteiger partial charge < -0.3 is 4.90 Å². The molecule has 2 aliphatic rings. The first-order valence-electron chi connectivity index (χ1n) is 16.2. The Kier molecular flexibility index (Phi) is 6.58. The van der Waals surface area contributed by atoms with Gasteiger partial charge in [0.1, 0.15) is 0 Å². The van der Waals surface area contributed by atoms with Crippen molar-refractivity contribution in [3.8, 4) is 0 Å². The van der Waals surface area contributed by atoms with Gasteiger partial charge in [-0.25, -0.2) is 0 Å². The highest BCUT2D eigenvalue weighted by Gasteiger charge is 2.39. The summed E-state index contributed by atoms with van der Waals surface area (Å²) >= 11 is 0. The Morgan fingerprint density at radius 3 is 1.63 bits per heavy atom. The number of carbonyl (C=O) groups is 2. The van der Waals surface area contributed by atoms with Gasteiger partial charge in [0.2, 0.25) is 0 Å². The predicted molar refractivity (Wildman–Crippen MR) is 191 cm³/mol. The fourth-order valence-electron chi connectivity index (χ4n) is 7.01. The number of fused-ring (bicyclic) bond motifs is 4. The largest absolute Gasteiger partial charge is 0.310 e. The number of allylic oxidation sites excluding steroid dienone is 1. The summed E-state index contributed by atoms with van der Waals surface area (Å²) in [7, 11) is 0. The molecular formula is C43H41NO2. The van der Waals surface area contributed by atoms with Crippen LogP contribution in [0, 0.1) is 0 Å². The van der Waals surface area contributed by atoms with E-state index < -0.39 is 0 Å². The summed E-state index contributed by atoms with van der Waals surface area (Å²) < 4.78 is 0. The van der Waals surface area contributed by atoms with Crippen molar-refractivity contribution in [3.63, 3.8) is 0 Å². The number of hydrogen-bond acceptors (Lipinski definition) is 3. The van der Waals surface area contributed by atoms with Crippen LogP contribution in [0.3, 0.4) is 0 Å². The molecule has 0 bridgehead atoms. The molecule has 1 heterocycles. The third-order valence-corrected chi connectivity index (χ3v) is 9.88. The molecule has 0 spiro atoms. The molecule has 0 unspecified atom stereocenters. The minimum absolute atomic E-state index is 0.000154. The first-order chi connectivity index (χ1) is 21.6. The number of Topliss-reactive ketones (excluding diaryl/α,β-unsaturated/α-hetero) is 2. The van der Waals surface area contributed by atoms with E-state index >= 15 is 0 Å². The third-order valence-electron chi connectivity index (χ3n) is 9.88. The molecule has 0 atom stereocenters. The molecule has 46 heavy (non-hydrogen) atoms. The maximum Gasteiger partial charge on any atom is 0.197 e. The van der Waals surface area contributed by atoms with Crippen LogP contribution in [0.5, 0.6) is 0 Å². The second-order valence-corrected chi connectivity index (χ2v) is 15.5. The Morgan fingerprint density at radius 1 is 0.587 bits per heavy atom. The fourth-order valence-corrected chi connectivity index (χ4v) is 7.01. The summed E-state index contributed by atoms with van der Waals surface area (Å²) in [5.41, 5.74) is 10.1. The molecule has 5 aromatic carbocycles. The van der Waals surface area contributed by atoms with Crippen molar-refractivity contribution in [2.75, 3.05) is 4.90 Å². The molecule has 0 amide bonds. The molecule has 0 N–H and O–H groups in total. The monoisotopic (exact) mass is 603 g/mol. The number of hydrogen-bond donors (Lipinski definition) is 0. The van der Waals surface area contributed by atoms with Gasteiger partial charge in [0.05, 0.1) is 16.9 Å². The van der Waals surface area contributed by atoms with Crippen LogP contribution in [0.25, 0.3) is 16.8 Å². The highest BCUT2D eigenvalue weighted by Crippen LogP contribution is 2.53. The summed E-state index contributed by atoms with van der Waals surface area (Å²) in [6.07, 6.45) is 1.79. The van der Waals surface area contributed by atoms with E-state index in [9.17, 15) is 9.59 Å². The van der Waals surface area contributed by atoms with Gasteiger partial charge in [0.25, 0.3) is 0 Å². The molecule has 0 fully saturated rings. The molecule has 0 saturated heterocycles. The van der Waals surface area contributed by atoms with Crippen molar-refractivity contribution in [2.45, 2.75) is 71.6 Å². The summed E-state index contributed by atoms with van der Waals surface area (Å²) in [6.45, 7) is 18.0. The Bertz CT molecular complexity index is 2060. The molecule has 3 nitrogen and oxygen atoms in total. The molecule has 0 saturated carbocycles. The Morgan fingerprint density at radius 2 is 1.09 bits per heavy atom. The number of carbonyl (C=O) groups excluding carboxylic acids is 2. The lowest BCUT2D eigenvalue weighted by atomic mass is 9.71. The molecule has 230 valence electrons.